The average molecular weight is 435 g/mol. The second kappa shape index (κ2) is 8.04. The Morgan fingerprint density at radius 3 is 2.40 bits per heavy atom. The fraction of sp³-hybridized carbons (Fsp3) is 0.0526. The summed E-state index contributed by atoms with van der Waals surface area (Å²) in [5.41, 5.74) is 1.87. The van der Waals surface area contributed by atoms with Crippen molar-refractivity contribution in [3.05, 3.63) is 86.2 Å². The number of benzene rings is 2. The van der Waals surface area contributed by atoms with Crippen LogP contribution in [0, 0.1) is 0 Å². The normalized spacial score (nSPS) is 16.4. The molecule has 0 N–H and O–H groups in total. The SMILES string of the molecule is O=C1S/C(=C\C=C\c2ccc(Br)cc2)C(=O)N1Cc1ccc(Cl)cc1. The van der Waals surface area contributed by atoms with Crippen molar-refractivity contribution >= 4 is 56.5 Å². The number of rotatable bonds is 4. The first-order valence-electron chi connectivity index (χ1n) is 7.45. The third-order valence-electron chi connectivity index (χ3n) is 3.53. The van der Waals surface area contributed by atoms with Crippen LogP contribution in [0.3, 0.4) is 0 Å². The standard InChI is InChI=1S/C19H13BrClNO2S/c20-15-8-4-13(5-9-15)2-1-3-17-18(23)22(19(24)25-17)12-14-6-10-16(21)11-7-14/h1-11H,12H2/b2-1+,17-3-. The zero-order chi connectivity index (χ0) is 17.8. The van der Waals surface area contributed by atoms with E-state index < -0.39 is 0 Å². The topological polar surface area (TPSA) is 37.4 Å². The molecule has 1 saturated heterocycles. The molecule has 2 aromatic rings. The molecule has 1 heterocycles. The lowest BCUT2D eigenvalue weighted by Crippen LogP contribution is -2.27. The number of thioether (sulfide) groups is 1. The summed E-state index contributed by atoms with van der Waals surface area (Å²) in [5.74, 6) is -0.273. The van der Waals surface area contributed by atoms with Gasteiger partial charge in [0.25, 0.3) is 11.1 Å². The summed E-state index contributed by atoms with van der Waals surface area (Å²) in [7, 11) is 0. The van der Waals surface area contributed by atoms with Gasteiger partial charge in [-0.3, -0.25) is 14.5 Å². The van der Waals surface area contributed by atoms with Crippen LogP contribution in [-0.2, 0) is 11.3 Å². The Balaban J connectivity index is 1.69. The van der Waals surface area contributed by atoms with Gasteiger partial charge in [-0.1, -0.05) is 63.9 Å². The maximum atomic E-state index is 12.4. The van der Waals surface area contributed by atoms with Crippen LogP contribution >= 0.6 is 39.3 Å². The van der Waals surface area contributed by atoms with Gasteiger partial charge in [0.2, 0.25) is 0 Å². The molecule has 3 nitrogen and oxygen atoms in total. The summed E-state index contributed by atoms with van der Waals surface area (Å²) < 4.78 is 1.01. The van der Waals surface area contributed by atoms with Gasteiger partial charge in [0.1, 0.15) is 0 Å². The summed E-state index contributed by atoms with van der Waals surface area (Å²) >= 11 is 10.2. The first kappa shape index (κ1) is 18.0. The second-order valence-electron chi connectivity index (χ2n) is 5.33. The third-order valence-corrected chi connectivity index (χ3v) is 5.24. The monoisotopic (exact) mass is 433 g/mol. The van der Waals surface area contributed by atoms with Crippen LogP contribution in [0.2, 0.25) is 5.02 Å². The quantitative estimate of drug-likeness (QED) is 0.563. The zero-order valence-corrected chi connectivity index (χ0v) is 16.1. The minimum absolute atomic E-state index is 0.246. The van der Waals surface area contributed by atoms with Crippen LogP contribution in [0.15, 0.2) is 70.1 Å². The van der Waals surface area contributed by atoms with E-state index in [4.69, 9.17) is 11.6 Å². The number of amides is 2. The molecule has 0 radical (unpaired) electrons. The summed E-state index contributed by atoms with van der Waals surface area (Å²) in [6, 6.07) is 14.9. The lowest BCUT2D eigenvalue weighted by atomic mass is 10.2. The van der Waals surface area contributed by atoms with Crippen LogP contribution in [0.5, 0.6) is 0 Å². The Hall–Kier alpha value is -1.82. The van der Waals surface area contributed by atoms with E-state index in [1.54, 1.807) is 24.3 Å². The average Bonchev–Trinajstić information content (AvgIpc) is 2.86. The lowest BCUT2D eigenvalue weighted by molar-refractivity contribution is -0.123. The molecule has 3 rings (SSSR count). The van der Waals surface area contributed by atoms with Gasteiger partial charge >= 0.3 is 0 Å². The van der Waals surface area contributed by atoms with Gasteiger partial charge in [-0.2, -0.15) is 0 Å². The molecule has 0 saturated carbocycles. The van der Waals surface area contributed by atoms with E-state index in [2.05, 4.69) is 15.9 Å². The van der Waals surface area contributed by atoms with Gasteiger partial charge in [-0.15, -0.1) is 0 Å². The molecule has 0 aromatic heterocycles. The van der Waals surface area contributed by atoms with Crippen LogP contribution in [0.25, 0.3) is 6.08 Å². The van der Waals surface area contributed by atoms with Crippen molar-refractivity contribution in [2.75, 3.05) is 0 Å². The molecular weight excluding hydrogens is 422 g/mol. The highest BCUT2D eigenvalue weighted by molar-refractivity contribution is 9.10. The molecule has 0 bridgehead atoms. The minimum atomic E-state index is -0.273. The summed E-state index contributed by atoms with van der Waals surface area (Å²) in [5, 5.41) is 0.360. The fourth-order valence-electron chi connectivity index (χ4n) is 2.24. The summed E-state index contributed by atoms with van der Waals surface area (Å²) in [4.78, 5) is 26.2. The molecule has 0 spiro atoms. The predicted octanol–water partition coefficient (Wildman–Crippen LogP) is 5.90. The van der Waals surface area contributed by atoms with Crippen molar-refractivity contribution in [1.82, 2.24) is 4.90 Å². The Labute approximate surface area is 163 Å². The second-order valence-corrected chi connectivity index (χ2v) is 7.67. The van der Waals surface area contributed by atoms with Crippen molar-refractivity contribution in [3.8, 4) is 0 Å². The van der Waals surface area contributed by atoms with Crippen LogP contribution < -0.4 is 0 Å². The van der Waals surface area contributed by atoms with Gasteiger partial charge in [-0.05, 0) is 53.2 Å². The lowest BCUT2D eigenvalue weighted by Gasteiger charge is -2.12. The van der Waals surface area contributed by atoms with Gasteiger partial charge in [-0.25, -0.2) is 0 Å². The maximum Gasteiger partial charge on any atom is 0.293 e. The van der Waals surface area contributed by atoms with Crippen LogP contribution in [0.1, 0.15) is 11.1 Å². The molecule has 25 heavy (non-hydrogen) atoms. The van der Waals surface area contributed by atoms with Gasteiger partial charge < -0.3 is 0 Å². The highest BCUT2D eigenvalue weighted by Gasteiger charge is 2.34. The Kier molecular flexibility index (Phi) is 5.78. The Morgan fingerprint density at radius 1 is 1.04 bits per heavy atom. The highest BCUT2D eigenvalue weighted by atomic mass is 79.9. The molecule has 1 fully saturated rings. The van der Waals surface area contributed by atoms with E-state index in [9.17, 15) is 9.59 Å². The van der Waals surface area contributed by atoms with Crippen LogP contribution in [-0.4, -0.2) is 16.0 Å². The van der Waals surface area contributed by atoms with Crippen molar-refractivity contribution in [3.63, 3.8) is 0 Å². The van der Waals surface area contributed by atoms with Crippen LogP contribution in [0.4, 0.5) is 4.79 Å². The number of halogens is 2. The number of carbonyl (C=O) groups excluding carboxylic acids is 2. The van der Waals surface area contributed by atoms with E-state index in [1.165, 1.54) is 4.90 Å². The third kappa shape index (κ3) is 4.63. The predicted molar refractivity (Wildman–Crippen MR) is 106 cm³/mol. The van der Waals surface area contributed by atoms with E-state index in [0.717, 1.165) is 27.4 Å². The van der Waals surface area contributed by atoms with Crippen molar-refractivity contribution in [2.24, 2.45) is 0 Å². The first-order chi connectivity index (χ1) is 12.0. The molecule has 0 atom stereocenters. The molecule has 0 unspecified atom stereocenters. The molecule has 1 aliphatic rings. The number of allylic oxidation sites excluding steroid dienone is 2. The Bertz CT molecular complexity index is 860. The van der Waals surface area contributed by atoms with Gasteiger partial charge in [0.05, 0.1) is 11.4 Å². The summed E-state index contributed by atoms with van der Waals surface area (Å²) in [6.07, 6.45) is 5.34. The van der Waals surface area contributed by atoms with Gasteiger partial charge in [0.15, 0.2) is 0 Å². The van der Waals surface area contributed by atoms with E-state index in [0.29, 0.717) is 9.93 Å². The Morgan fingerprint density at radius 2 is 1.72 bits per heavy atom. The molecule has 2 amide bonds. The first-order valence-corrected chi connectivity index (χ1v) is 9.44. The largest absolute Gasteiger partial charge is 0.293 e. The number of hydrogen-bond acceptors (Lipinski definition) is 3. The zero-order valence-electron chi connectivity index (χ0n) is 13.0. The number of imide groups is 1. The van der Waals surface area contributed by atoms with Crippen molar-refractivity contribution in [2.45, 2.75) is 6.54 Å². The number of hydrogen-bond donors (Lipinski definition) is 0. The van der Waals surface area contributed by atoms with E-state index >= 15 is 0 Å². The number of nitrogens with zero attached hydrogens (tertiary/aromatic N) is 1. The fourth-order valence-corrected chi connectivity index (χ4v) is 3.42. The molecular formula is C19H13BrClNO2S. The van der Waals surface area contributed by atoms with E-state index in [-0.39, 0.29) is 17.7 Å². The minimum Gasteiger partial charge on any atom is -0.268 e. The van der Waals surface area contributed by atoms with Gasteiger partial charge in [0, 0.05) is 9.50 Å². The smallest absolute Gasteiger partial charge is 0.268 e. The highest BCUT2D eigenvalue weighted by Crippen LogP contribution is 2.32. The molecule has 126 valence electrons. The number of carbonyl (C=O) groups is 2. The molecule has 0 aliphatic carbocycles. The molecule has 1 aliphatic heterocycles. The van der Waals surface area contributed by atoms with Crippen molar-refractivity contribution in [1.29, 1.82) is 0 Å². The van der Waals surface area contributed by atoms with E-state index in [1.807, 2.05) is 42.5 Å². The summed E-state index contributed by atoms with van der Waals surface area (Å²) in [6.45, 7) is 0.246. The van der Waals surface area contributed by atoms with Crippen molar-refractivity contribution < 1.29 is 9.59 Å². The molecule has 2 aromatic carbocycles. The maximum absolute atomic E-state index is 12.4. The molecule has 6 heteroatoms.